The number of para-hydroxylation sites is 2. The van der Waals surface area contributed by atoms with Crippen molar-refractivity contribution in [3.8, 4) is 6.07 Å². The number of hydrogen-bond donors (Lipinski definition) is 0. The third-order valence-electron chi connectivity index (χ3n) is 3.41. The summed E-state index contributed by atoms with van der Waals surface area (Å²) in [5.74, 6) is 0.606. The highest BCUT2D eigenvalue weighted by Gasteiger charge is 2.12. The van der Waals surface area contributed by atoms with Crippen LogP contribution in [0.25, 0.3) is 22.7 Å². The number of aromatic nitrogens is 2. The molecular weight excluding hydrogens is 317 g/mol. The summed E-state index contributed by atoms with van der Waals surface area (Å²) in [6, 6.07) is 15.1. The van der Waals surface area contributed by atoms with E-state index in [1.54, 1.807) is 24.3 Å². The summed E-state index contributed by atoms with van der Waals surface area (Å²) in [5.41, 5.74) is 3.00. The zero-order valence-corrected chi connectivity index (χ0v) is 13.2. The lowest BCUT2D eigenvalue weighted by atomic mass is 10.1. The Labute approximate surface area is 138 Å². The van der Waals surface area contributed by atoms with E-state index >= 15 is 0 Å². The van der Waals surface area contributed by atoms with Crippen molar-refractivity contribution in [3.63, 3.8) is 0 Å². The molecule has 0 N–H and O–H groups in total. The second-order valence-corrected chi connectivity index (χ2v) is 5.66. The summed E-state index contributed by atoms with van der Waals surface area (Å²) >= 11 is 12.1. The summed E-state index contributed by atoms with van der Waals surface area (Å²) in [4.78, 5) is 4.53. The summed E-state index contributed by atoms with van der Waals surface area (Å²) in [6.45, 7) is 0. The van der Waals surface area contributed by atoms with Crippen molar-refractivity contribution < 1.29 is 0 Å². The quantitative estimate of drug-likeness (QED) is 0.625. The van der Waals surface area contributed by atoms with Gasteiger partial charge in [0.25, 0.3) is 0 Å². The van der Waals surface area contributed by atoms with Gasteiger partial charge in [0.2, 0.25) is 0 Å². The van der Waals surface area contributed by atoms with Crippen molar-refractivity contribution in [1.29, 1.82) is 5.26 Å². The number of halogens is 2. The monoisotopic (exact) mass is 327 g/mol. The summed E-state index contributed by atoms with van der Waals surface area (Å²) in [7, 11) is 1.89. The van der Waals surface area contributed by atoms with Gasteiger partial charge in [-0.2, -0.15) is 5.26 Å². The van der Waals surface area contributed by atoms with E-state index in [-0.39, 0.29) is 0 Å². The fraction of sp³-hybridized carbons (Fsp3) is 0.0588. The molecule has 0 unspecified atom stereocenters. The molecule has 22 heavy (non-hydrogen) atoms. The average Bonchev–Trinajstić information content (AvgIpc) is 2.84. The number of imidazole rings is 1. The SMILES string of the molecule is Cn1c(/C(C#N)=C\c2ccc(Cl)cc2Cl)nc2ccccc21. The van der Waals surface area contributed by atoms with Crippen LogP contribution in [0.4, 0.5) is 0 Å². The van der Waals surface area contributed by atoms with Crippen molar-refractivity contribution >= 4 is 45.9 Å². The molecule has 0 spiro atoms. The number of allylic oxidation sites excluding steroid dienone is 1. The van der Waals surface area contributed by atoms with E-state index in [1.165, 1.54) is 0 Å². The average molecular weight is 328 g/mol. The lowest BCUT2D eigenvalue weighted by Crippen LogP contribution is -1.96. The van der Waals surface area contributed by atoms with Crippen LogP contribution in [0.1, 0.15) is 11.4 Å². The third kappa shape index (κ3) is 2.59. The molecule has 0 aliphatic heterocycles. The van der Waals surface area contributed by atoms with E-state index < -0.39 is 0 Å². The van der Waals surface area contributed by atoms with Gasteiger partial charge in [0.05, 0.1) is 16.6 Å². The number of hydrogen-bond acceptors (Lipinski definition) is 2. The molecule has 0 amide bonds. The van der Waals surface area contributed by atoms with Gasteiger partial charge >= 0.3 is 0 Å². The van der Waals surface area contributed by atoms with Crippen molar-refractivity contribution in [2.45, 2.75) is 0 Å². The second-order valence-electron chi connectivity index (χ2n) is 4.82. The van der Waals surface area contributed by atoms with Gasteiger partial charge in [-0.25, -0.2) is 4.98 Å². The minimum absolute atomic E-state index is 0.447. The van der Waals surface area contributed by atoms with Crippen LogP contribution in [0.15, 0.2) is 42.5 Å². The van der Waals surface area contributed by atoms with Gasteiger partial charge < -0.3 is 4.57 Å². The van der Waals surface area contributed by atoms with Gasteiger partial charge in [0.15, 0.2) is 5.82 Å². The summed E-state index contributed by atoms with van der Waals surface area (Å²) in [5, 5.41) is 10.6. The normalized spacial score (nSPS) is 11.6. The molecule has 0 atom stereocenters. The van der Waals surface area contributed by atoms with E-state index in [1.807, 2.05) is 35.9 Å². The van der Waals surface area contributed by atoms with Crippen LogP contribution < -0.4 is 0 Å². The molecule has 1 heterocycles. The van der Waals surface area contributed by atoms with E-state index in [2.05, 4.69) is 11.1 Å². The predicted octanol–water partition coefficient (Wildman–Crippen LogP) is 4.94. The zero-order chi connectivity index (χ0) is 15.7. The highest BCUT2D eigenvalue weighted by Crippen LogP contribution is 2.26. The first-order valence-corrected chi connectivity index (χ1v) is 7.34. The Morgan fingerprint density at radius 2 is 2.00 bits per heavy atom. The summed E-state index contributed by atoms with van der Waals surface area (Å²) < 4.78 is 1.90. The molecule has 3 aromatic rings. The van der Waals surface area contributed by atoms with Crippen LogP contribution in [0.3, 0.4) is 0 Å². The highest BCUT2D eigenvalue weighted by atomic mass is 35.5. The smallest absolute Gasteiger partial charge is 0.151 e. The van der Waals surface area contributed by atoms with Gasteiger partial charge in [0.1, 0.15) is 6.07 Å². The van der Waals surface area contributed by atoms with Crippen LogP contribution >= 0.6 is 23.2 Å². The molecule has 5 heteroatoms. The van der Waals surface area contributed by atoms with Crippen LogP contribution in [0, 0.1) is 11.3 Å². The fourth-order valence-electron chi connectivity index (χ4n) is 2.31. The van der Waals surface area contributed by atoms with Gasteiger partial charge in [-0.1, -0.05) is 41.4 Å². The lowest BCUT2D eigenvalue weighted by Gasteiger charge is -2.03. The molecule has 3 nitrogen and oxygen atoms in total. The van der Waals surface area contributed by atoms with E-state index in [0.717, 1.165) is 16.6 Å². The fourth-order valence-corrected chi connectivity index (χ4v) is 2.77. The van der Waals surface area contributed by atoms with Crippen molar-refractivity contribution in [1.82, 2.24) is 9.55 Å². The van der Waals surface area contributed by atoms with Crippen LogP contribution in [-0.4, -0.2) is 9.55 Å². The number of nitriles is 1. The predicted molar refractivity (Wildman–Crippen MR) is 90.7 cm³/mol. The first kappa shape index (κ1) is 14.6. The van der Waals surface area contributed by atoms with Crippen molar-refractivity contribution in [2.24, 2.45) is 7.05 Å². The third-order valence-corrected chi connectivity index (χ3v) is 3.97. The largest absolute Gasteiger partial charge is 0.327 e. The number of nitrogens with zero attached hydrogens (tertiary/aromatic N) is 3. The Morgan fingerprint density at radius 1 is 1.23 bits per heavy atom. The van der Waals surface area contributed by atoms with Gasteiger partial charge in [0, 0.05) is 17.1 Å². The Balaban J connectivity index is 2.16. The topological polar surface area (TPSA) is 41.6 Å². The number of rotatable bonds is 2. The lowest BCUT2D eigenvalue weighted by molar-refractivity contribution is 0.925. The Kier molecular flexibility index (Phi) is 3.89. The molecule has 0 aliphatic rings. The molecule has 2 aromatic carbocycles. The van der Waals surface area contributed by atoms with Crippen LogP contribution in [0.2, 0.25) is 10.0 Å². The van der Waals surface area contributed by atoms with Crippen LogP contribution in [0.5, 0.6) is 0 Å². The van der Waals surface area contributed by atoms with E-state index in [0.29, 0.717) is 21.4 Å². The van der Waals surface area contributed by atoms with Gasteiger partial charge in [-0.15, -0.1) is 0 Å². The standard InChI is InChI=1S/C17H11Cl2N3/c1-22-16-5-3-2-4-15(16)21-17(22)12(10-20)8-11-6-7-13(18)9-14(11)19/h2-9H,1H3/b12-8-. The van der Waals surface area contributed by atoms with Gasteiger partial charge in [-0.05, 0) is 35.9 Å². The van der Waals surface area contributed by atoms with Crippen molar-refractivity contribution in [2.75, 3.05) is 0 Å². The van der Waals surface area contributed by atoms with Gasteiger partial charge in [-0.3, -0.25) is 0 Å². The van der Waals surface area contributed by atoms with E-state index in [9.17, 15) is 5.26 Å². The van der Waals surface area contributed by atoms with E-state index in [4.69, 9.17) is 23.2 Å². The minimum Gasteiger partial charge on any atom is -0.327 e. The number of fused-ring (bicyclic) bond motifs is 1. The maximum absolute atomic E-state index is 9.50. The molecule has 0 aliphatic carbocycles. The Morgan fingerprint density at radius 3 is 2.68 bits per heavy atom. The first-order valence-electron chi connectivity index (χ1n) is 6.59. The zero-order valence-electron chi connectivity index (χ0n) is 11.7. The molecule has 1 aromatic heterocycles. The second kappa shape index (κ2) is 5.84. The maximum Gasteiger partial charge on any atom is 0.151 e. The van der Waals surface area contributed by atoms with Crippen LogP contribution in [-0.2, 0) is 7.05 Å². The van der Waals surface area contributed by atoms with Crippen molar-refractivity contribution in [3.05, 3.63) is 63.9 Å². The number of benzene rings is 2. The highest BCUT2D eigenvalue weighted by molar-refractivity contribution is 6.35. The first-order chi connectivity index (χ1) is 10.6. The molecular formula is C17H11Cl2N3. The molecule has 0 saturated carbocycles. The molecule has 108 valence electrons. The number of aryl methyl sites for hydroxylation is 1. The summed E-state index contributed by atoms with van der Waals surface area (Å²) in [6.07, 6.45) is 1.72. The molecule has 0 radical (unpaired) electrons. The molecule has 0 saturated heterocycles. The Hall–Kier alpha value is -2.28. The molecule has 0 bridgehead atoms. The molecule has 3 rings (SSSR count). The maximum atomic E-state index is 9.50. The minimum atomic E-state index is 0.447. The molecule has 0 fully saturated rings. The Bertz CT molecular complexity index is 933.